The molecule has 0 saturated heterocycles. The Morgan fingerprint density at radius 2 is 1.75 bits per heavy atom. The molecular formula is C14H26N6. The van der Waals surface area contributed by atoms with Crippen LogP contribution in [-0.4, -0.2) is 21.5 Å². The minimum atomic E-state index is -0.0612. The summed E-state index contributed by atoms with van der Waals surface area (Å²) in [5, 5.41) is 3.44. The molecule has 1 aromatic heterocycles. The van der Waals surface area contributed by atoms with Gasteiger partial charge in [-0.3, -0.25) is 0 Å². The number of rotatable bonds is 4. The Bertz CT molecular complexity index is 434. The summed E-state index contributed by atoms with van der Waals surface area (Å²) in [5.41, 5.74) is 12.9. The maximum atomic E-state index is 6.14. The second-order valence-corrected chi connectivity index (χ2v) is 6.46. The third-order valence-corrected chi connectivity index (χ3v) is 3.39. The van der Waals surface area contributed by atoms with E-state index in [4.69, 9.17) is 5.73 Å². The summed E-state index contributed by atoms with van der Waals surface area (Å²) in [6.45, 7) is 6.20. The Balaban J connectivity index is 2.02. The molecule has 0 aromatic carbocycles. The van der Waals surface area contributed by atoms with E-state index in [0.717, 1.165) is 5.82 Å². The molecule has 6 nitrogen and oxygen atoms in total. The van der Waals surface area contributed by atoms with E-state index < -0.39 is 0 Å². The third kappa shape index (κ3) is 4.23. The van der Waals surface area contributed by atoms with Gasteiger partial charge in [0.2, 0.25) is 0 Å². The lowest BCUT2D eigenvalue weighted by Crippen LogP contribution is -2.40. The topological polar surface area (TPSA) is 87.9 Å². The molecule has 1 saturated carbocycles. The summed E-state index contributed by atoms with van der Waals surface area (Å²) in [6, 6.07) is 0.476. The van der Waals surface area contributed by atoms with Gasteiger partial charge in [-0.15, -0.1) is 0 Å². The molecule has 1 aliphatic rings. The largest absolute Gasteiger partial charge is 0.393 e. The molecule has 0 bridgehead atoms. The first-order valence-corrected chi connectivity index (χ1v) is 7.36. The molecular weight excluding hydrogens is 252 g/mol. The van der Waals surface area contributed by atoms with Crippen LogP contribution in [0.15, 0.2) is 6.33 Å². The summed E-state index contributed by atoms with van der Waals surface area (Å²) in [5.74, 6) is 1.35. The van der Waals surface area contributed by atoms with Crippen molar-refractivity contribution in [3.05, 3.63) is 6.33 Å². The first-order valence-electron chi connectivity index (χ1n) is 7.36. The molecule has 2 rings (SSSR count). The number of hydrazine groups is 1. The highest BCUT2D eigenvalue weighted by Gasteiger charge is 2.17. The van der Waals surface area contributed by atoms with Crippen molar-refractivity contribution in [1.29, 1.82) is 0 Å². The molecule has 112 valence electrons. The fourth-order valence-electron chi connectivity index (χ4n) is 2.30. The van der Waals surface area contributed by atoms with Crippen LogP contribution in [0.4, 0.5) is 17.3 Å². The van der Waals surface area contributed by atoms with Gasteiger partial charge in [0.05, 0.1) is 0 Å². The van der Waals surface area contributed by atoms with Crippen molar-refractivity contribution < 1.29 is 0 Å². The van der Waals surface area contributed by atoms with Crippen LogP contribution in [0.2, 0.25) is 0 Å². The Morgan fingerprint density at radius 1 is 1.10 bits per heavy atom. The van der Waals surface area contributed by atoms with Crippen molar-refractivity contribution in [3.8, 4) is 0 Å². The molecule has 0 atom stereocenters. The van der Waals surface area contributed by atoms with E-state index in [-0.39, 0.29) is 5.54 Å². The monoisotopic (exact) mass is 278 g/mol. The molecule has 1 aromatic rings. The Labute approximate surface area is 120 Å². The fourth-order valence-corrected chi connectivity index (χ4v) is 2.30. The number of nitrogens with one attached hydrogen (secondary N) is 3. The van der Waals surface area contributed by atoms with E-state index >= 15 is 0 Å². The van der Waals surface area contributed by atoms with Crippen LogP contribution >= 0.6 is 0 Å². The van der Waals surface area contributed by atoms with Gasteiger partial charge in [0.25, 0.3) is 0 Å². The van der Waals surface area contributed by atoms with Gasteiger partial charge in [-0.05, 0) is 33.6 Å². The maximum Gasteiger partial charge on any atom is 0.169 e. The van der Waals surface area contributed by atoms with Gasteiger partial charge in [0.1, 0.15) is 12.0 Å². The van der Waals surface area contributed by atoms with Crippen molar-refractivity contribution in [2.24, 2.45) is 0 Å². The Hall–Kier alpha value is -1.56. The molecule has 1 heterocycles. The first kappa shape index (κ1) is 14.8. The average Bonchev–Trinajstić information content (AvgIpc) is 2.40. The number of hydrogen-bond donors (Lipinski definition) is 4. The molecule has 5 N–H and O–H groups in total. The lowest BCUT2D eigenvalue weighted by Gasteiger charge is -2.25. The van der Waals surface area contributed by atoms with Crippen LogP contribution in [0, 0.1) is 0 Å². The van der Waals surface area contributed by atoms with Gasteiger partial charge < -0.3 is 16.5 Å². The standard InChI is InChI=1S/C14H26N6/c1-14(2,3)20-19-13-11(15)12(16-9-17-13)18-10-7-5-4-6-8-10/h9-10,20H,4-8,15H2,1-3H3,(H2,16,17,18,19). The highest BCUT2D eigenvalue weighted by atomic mass is 15.4. The lowest BCUT2D eigenvalue weighted by atomic mass is 9.95. The number of anilines is 3. The first-order chi connectivity index (χ1) is 9.46. The lowest BCUT2D eigenvalue weighted by molar-refractivity contribution is 0.461. The zero-order valence-corrected chi connectivity index (χ0v) is 12.7. The Kier molecular flexibility index (Phi) is 4.65. The van der Waals surface area contributed by atoms with Gasteiger partial charge in [0.15, 0.2) is 11.6 Å². The van der Waals surface area contributed by atoms with Crippen molar-refractivity contribution in [3.63, 3.8) is 0 Å². The minimum Gasteiger partial charge on any atom is -0.393 e. The van der Waals surface area contributed by atoms with Crippen LogP contribution in [0.25, 0.3) is 0 Å². The molecule has 1 fully saturated rings. The van der Waals surface area contributed by atoms with Crippen molar-refractivity contribution in [1.82, 2.24) is 15.4 Å². The molecule has 0 radical (unpaired) electrons. The smallest absolute Gasteiger partial charge is 0.169 e. The maximum absolute atomic E-state index is 6.14. The van der Waals surface area contributed by atoms with E-state index in [1.54, 1.807) is 0 Å². The normalized spacial score (nSPS) is 16.9. The summed E-state index contributed by atoms with van der Waals surface area (Å²) < 4.78 is 0. The Morgan fingerprint density at radius 3 is 2.40 bits per heavy atom. The highest BCUT2D eigenvalue weighted by molar-refractivity contribution is 5.73. The van der Waals surface area contributed by atoms with Crippen molar-refractivity contribution >= 4 is 17.3 Å². The zero-order chi connectivity index (χ0) is 14.6. The number of hydrogen-bond acceptors (Lipinski definition) is 6. The van der Waals surface area contributed by atoms with Gasteiger partial charge in [-0.25, -0.2) is 15.4 Å². The molecule has 0 amide bonds. The fraction of sp³-hybridized carbons (Fsp3) is 0.714. The van der Waals surface area contributed by atoms with Gasteiger partial charge in [0, 0.05) is 11.6 Å². The van der Waals surface area contributed by atoms with Crippen LogP contribution in [0.3, 0.4) is 0 Å². The van der Waals surface area contributed by atoms with Crippen LogP contribution in [0.5, 0.6) is 0 Å². The summed E-state index contributed by atoms with van der Waals surface area (Å²) in [6.07, 6.45) is 7.80. The molecule has 0 unspecified atom stereocenters. The molecule has 6 heteroatoms. The molecule has 0 aliphatic heterocycles. The van der Waals surface area contributed by atoms with E-state index in [2.05, 4.69) is 46.9 Å². The van der Waals surface area contributed by atoms with Crippen LogP contribution in [0.1, 0.15) is 52.9 Å². The quantitative estimate of drug-likeness (QED) is 0.633. The van der Waals surface area contributed by atoms with E-state index in [1.165, 1.54) is 38.4 Å². The minimum absolute atomic E-state index is 0.0612. The highest BCUT2D eigenvalue weighted by Crippen LogP contribution is 2.26. The second-order valence-electron chi connectivity index (χ2n) is 6.46. The van der Waals surface area contributed by atoms with Crippen LogP contribution in [-0.2, 0) is 0 Å². The average molecular weight is 278 g/mol. The number of aromatic nitrogens is 2. The van der Waals surface area contributed by atoms with Crippen molar-refractivity contribution in [2.75, 3.05) is 16.5 Å². The summed E-state index contributed by atoms with van der Waals surface area (Å²) >= 11 is 0. The van der Waals surface area contributed by atoms with E-state index in [1.807, 2.05) is 0 Å². The third-order valence-electron chi connectivity index (χ3n) is 3.39. The predicted octanol–water partition coefficient (Wildman–Crippen LogP) is 2.52. The second kappa shape index (κ2) is 6.26. The molecule has 20 heavy (non-hydrogen) atoms. The van der Waals surface area contributed by atoms with E-state index in [0.29, 0.717) is 17.5 Å². The zero-order valence-electron chi connectivity index (χ0n) is 12.7. The number of nitrogens with zero attached hydrogens (tertiary/aromatic N) is 2. The van der Waals surface area contributed by atoms with Gasteiger partial charge in [-0.2, -0.15) is 0 Å². The summed E-state index contributed by atoms with van der Waals surface area (Å²) in [7, 11) is 0. The van der Waals surface area contributed by atoms with Crippen LogP contribution < -0.4 is 21.9 Å². The van der Waals surface area contributed by atoms with Gasteiger partial charge >= 0.3 is 0 Å². The molecule has 1 aliphatic carbocycles. The summed E-state index contributed by atoms with van der Waals surface area (Å²) in [4.78, 5) is 8.45. The molecule has 0 spiro atoms. The number of nitrogen functional groups attached to an aromatic ring is 1. The number of nitrogens with two attached hydrogens (primary N) is 1. The predicted molar refractivity (Wildman–Crippen MR) is 83.5 cm³/mol. The van der Waals surface area contributed by atoms with E-state index in [9.17, 15) is 0 Å². The SMILES string of the molecule is CC(C)(C)NNc1ncnc(NC2CCCCC2)c1N. The van der Waals surface area contributed by atoms with Crippen molar-refractivity contribution in [2.45, 2.75) is 64.5 Å². The van der Waals surface area contributed by atoms with Gasteiger partial charge in [-0.1, -0.05) is 19.3 Å².